The predicted octanol–water partition coefficient (Wildman–Crippen LogP) is 1.67. The molecule has 0 aliphatic heterocycles. The van der Waals surface area contributed by atoms with Crippen molar-refractivity contribution in [1.29, 1.82) is 0 Å². The summed E-state index contributed by atoms with van der Waals surface area (Å²) in [6.45, 7) is 0.0527. The lowest BCUT2D eigenvalue weighted by atomic mass is 10.2. The number of ether oxygens (including phenoxy) is 1. The zero-order chi connectivity index (χ0) is 13.7. The summed E-state index contributed by atoms with van der Waals surface area (Å²) in [5.74, 6) is -0.588. The summed E-state index contributed by atoms with van der Waals surface area (Å²) in [4.78, 5) is 24.5. The highest BCUT2D eigenvalue weighted by Gasteiger charge is 2.13. The van der Waals surface area contributed by atoms with E-state index in [1.165, 1.54) is 11.0 Å². The molecule has 0 aliphatic carbocycles. The molecular weight excluding hydrogens is 300 g/mol. The first-order valence-electron chi connectivity index (χ1n) is 5.34. The van der Waals surface area contributed by atoms with Gasteiger partial charge in [0.05, 0.1) is 12.0 Å². The van der Waals surface area contributed by atoms with Gasteiger partial charge in [0.1, 0.15) is 6.61 Å². The van der Waals surface area contributed by atoms with Crippen LogP contribution < -0.4 is 5.73 Å². The maximum absolute atomic E-state index is 11.7. The second kappa shape index (κ2) is 6.39. The first-order chi connectivity index (χ1) is 8.41. The van der Waals surface area contributed by atoms with Crippen molar-refractivity contribution in [2.75, 3.05) is 26.4 Å². The summed E-state index contributed by atoms with van der Waals surface area (Å²) >= 11 is 3.24. The van der Waals surface area contributed by atoms with Crippen LogP contribution in [0.4, 0.5) is 5.69 Å². The predicted molar refractivity (Wildman–Crippen MR) is 72.1 cm³/mol. The molecule has 0 spiro atoms. The minimum Gasteiger partial charge on any atom is -0.462 e. The van der Waals surface area contributed by atoms with Gasteiger partial charge in [-0.05, 0) is 34.1 Å². The molecule has 0 fully saturated rings. The molecule has 6 heteroatoms. The highest BCUT2D eigenvalue weighted by molar-refractivity contribution is 9.10. The number of anilines is 1. The van der Waals surface area contributed by atoms with Crippen LogP contribution in [-0.4, -0.2) is 37.5 Å². The lowest BCUT2D eigenvalue weighted by Gasteiger charge is -2.10. The van der Waals surface area contributed by atoms with Gasteiger partial charge in [0.15, 0.2) is 0 Å². The fraction of sp³-hybridized carbons (Fsp3) is 0.333. The number of carbonyl (C=O) groups is 2. The average molecular weight is 315 g/mol. The highest BCUT2D eigenvalue weighted by Crippen LogP contribution is 2.20. The third-order valence-corrected chi connectivity index (χ3v) is 2.95. The monoisotopic (exact) mass is 314 g/mol. The minimum absolute atomic E-state index is 0.0527. The van der Waals surface area contributed by atoms with Crippen LogP contribution in [0.1, 0.15) is 16.8 Å². The van der Waals surface area contributed by atoms with E-state index in [4.69, 9.17) is 10.5 Å². The molecular formula is C12H15BrN2O3. The van der Waals surface area contributed by atoms with E-state index in [-0.39, 0.29) is 18.9 Å². The number of carbonyl (C=O) groups excluding carboxylic acids is 2. The van der Waals surface area contributed by atoms with Crippen LogP contribution in [0.25, 0.3) is 0 Å². The molecule has 1 aromatic carbocycles. The fourth-order valence-corrected chi connectivity index (χ4v) is 1.64. The van der Waals surface area contributed by atoms with E-state index in [1.54, 1.807) is 26.2 Å². The maximum Gasteiger partial charge on any atom is 0.339 e. The molecule has 0 saturated heterocycles. The second-order valence-electron chi connectivity index (χ2n) is 3.91. The van der Waals surface area contributed by atoms with E-state index in [0.29, 0.717) is 15.7 Å². The molecule has 1 aromatic rings. The lowest BCUT2D eigenvalue weighted by molar-refractivity contribution is -0.129. The van der Waals surface area contributed by atoms with Gasteiger partial charge in [-0.2, -0.15) is 0 Å². The molecule has 5 nitrogen and oxygen atoms in total. The number of rotatable bonds is 4. The molecule has 1 rings (SSSR count). The van der Waals surface area contributed by atoms with Crippen LogP contribution in [-0.2, 0) is 9.53 Å². The summed E-state index contributed by atoms with van der Waals surface area (Å²) in [6, 6.07) is 4.88. The lowest BCUT2D eigenvalue weighted by Crippen LogP contribution is -2.23. The number of amides is 1. The highest BCUT2D eigenvalue weighted by atomic mass is 79.9. The third-order valence-electron chi connectivity index (χ3n) is 2.26. The van der Waals surface area contributed by atoms with Gasteiger partial charge in [0.2, 0.25) is 5.91 Å². The van der Waals surface area contributed by atoms with Gasteiger partial charge >= 0.3 is 5.97 Å². The number of esters is 1. The van der Waals surface area contributed by atoms with Crippen molar-refractivity contribution in [2.45, 2.75) is 6.42 Å². The standard InChI is InChI=1S/C12H15BrN2O3/c1-15(2)11(16)5-6-18-12(17)9-7-8(14)3-4-10(9)13/h3-4,7H,5-6,14H2,1-2H3. The molecule has 0 aromatic heterocycles. The van der Waals surface area contributed by atoms with Crippen molar-refractivity contribution in [3.05, 3.63) is 28.2 Å². The number of nitrogens with zero attached hydrogens (tertiary/aromatic N) is 1. The van der Waals surface area contributed by atoms with E-state index in [9.17, 15) is 9.59 Å². The fourth-order valence-electron chi connectivity index (χ4n) is 1.23. The quantitative estimate of drug-likeness (QED) is 0.677. The van der Waals surface area contributed by atoms with Crippen molar-refractivity contribution < 1.29 is 14.3 Å². The molecule has 18 heavy (non-hydrogen) atoms. The van der Waals surface area contributed by atoms with Gasteiger partial charge in [0, 0.05) is 24.3 Å². The number of nitrogen functional groups attached to an aromatic ring is 1. The molecule has 0 unspecified atom stereocenters. The van der Waals surface area contributed by atoms with E-state index in [1.807, 2.05) is 0 Å². The number of hydrogen-bond donors (Lipinski definition) is 1. The largest absolute Gasteiger partial charge is 0.462 e. The summed E-state index contributed by atoms with van der Waals surface area (Å²) in [5.41, 5.74) is 6.43. The Kier molecular flexibility index (Phi) is 5.15. The Hall–Kier alpha value is -1.56. The number of halogens is 1. The molecule has 0 aliphatic rings. The Bertz CT molecular complexity index is 461. The summed E-state index contributed by atoms with van der Waals surface area (Å²) in [6.07, 6.45) is 0.165. The zero-order valence-electron chi connectivity index (χ0n) is 10.3. The van der Waals surface area contributed by atoms with Crippen molar-refractivity contribution in [3.8, 4) is 0 Å². The Morgan fingerprint density at radius 3 is 2.67 bits per heavy atom. The summed E-state index contributed by atoms with van der Waals surface area (Å²) in [5, 5.41) is 0. The maximum atomic E-state index is 11.7. The SMILES string of the molecule is CN(C)C(=O)CCOC(=O)c1cc(N)ccc1Br. The Labute approximate surface area is 114 Å². The topological polar surface area (TPSA) is 72.6 Å². The molecule has 98 valence electrons. The van der Waals surface area contributed by atoms with Gasteiger partial charge in [0.25, 0.3) is 0 Å². The van der Waals surface area contributed by atoms with Gasteiger partial charge in [-0.1, -0.05) is 0 Å². The number of benzene rings is 1. The van der Waals surface area contributed by atoms with Gasteiger partial charge in [-0.15, -0.1) is 0 Å². The van der Waals surface area contributed by atoms with Gasteiger partial charge in [-0.3, -0.25) is 4.79 Å². The van der Waals surface area contributed by atoms with E-state index < -0.39 is 5.97 Å². The van der Waals surface area contributed by atoms with Crippen LogP contribution in [0, 0.1) is 0 Å². The Morgan fingerprint density at radius 2 is 2.06 bits per heavy atom. The zero-order valence-corrected chi connectivity index (χ0v) is 11.9. The first-order valence-corrected chi connectivity index (χ1v) is 6.13. The normalized spacial score (nSPS) is 9.94. The van der Waals surface area contributed by atoms with Crippen LogP contribution in [0.15, 0.2) is 22.7 Å². The first kappa shape index (κ1) is 14.5. The van der Waals surface area contributed by atoms with E-state index in [2.05, 4.69) is 15.9 Å². The number of nitrogens with two attached hydrogens (primary N) is 1. The smallest absolute Gasteiger partial charge is 0.339 e. The molecule has 2 N–H and O–H groups in total. The Balaban J connectivity index is 2.56. The van der Waals surface area contributed by atoms with Crippen LogP contribution in [0.3, 0.4) is 0 Å². The molecule has 0 atom stereocenters. The third kappa shape index (κ3) is 4.03. The summed E-state index contributed by atoms with van der Waals surface area (Å²) < 4.78 is 5.62. The molecule has 1 amide bonds. The van der Waals surface area contributed by atoms with E-state index in [0.717, 1.165) is 0 Å². The van der Waals surface area contributed by atoms with Gasteiger partial charge < -0.3 is 15.4 Å². The van der Waals surface area contributed by atoms with Crippen molar-refractivity contribution >= 4 is 33.5 Å². The van der Waals surface area contributed by atoms with Crippen LogP contribution in [0.5, 0.6) is 0 Å². The van der Waals surface area contributed by atoms with Crippen LogP contribution in [0.2, 0.25) is 0 Å². The Morgan fingerprint density at radius 1 is 1.39 bits per heavy atom. The molecule has 0 heterocycles. The van der Waals surface area contributed by atoms with Gasteiger partial charge in [-0.25, -0.2) is 4.79 Å². The summed E-state index contributed by atoms with van der Waals surface area (Å²) in [7, 11) is 3.30. The molecule has 0 radical (unpaired) electrons. The van der Waals surface area contributed by atoms with Crippen LogP contribution >= 0.6 is 15.9 Å². The molecule has 0 saturated carbocycles. The van der Waals surface area contributed by atoms with Crippen molar-refractivity contribution in [1.82, 2.24) is 4.90 Å². The van der Waals surface area contributed by atoms with Crippen molar-refractivity contribution in [2.24, 2.45) is 0 Å². The van der Waals surface area contributed by atoms with Crippen molar-refractivity contribution in [3.63, 3.8) is 0 Å². The minimum atomic E-state index is -0.499. The number of hydrogen-bond acceptors (Lipinski definition) is 4. The van der Waals surface area contributed by atoms with E-state index >= 15 is 0 Å². The average Bonchev–Trinajstić information content (AvgIpc) is 2.31. The molecule has 0 bridgehead atoms. The second-order valence-corrected chi connectivity index (χ2v) is 4.77.